The lowest BCUT2D eigenvalue weighted by Gasteiger charge is -2.10. The van der Waals surface area contributed by atoms with Crippen LogP contribution >= 0.6 is 0 Å². The first-order chi connectivity index (χ1) is 13.8. The van der Waals surface area contributed by atoms with Crippen LogP contribution in [0.15, 0.2) is 78.9 Å². The van der Waals surface area contributed by atoms with Crippen LogP contribution in [-0.4, -0.2) is 27.5 Å². The third-order valence-corrected chi connectivity index (χ3v) is 4.28. The molecule has 0 aliphatic carbocycles. The fourth-order valence-electron chi connectivity index (χ4n) is 2.87. The van der Waals surface area contributed by atoms with Crippen LogP contribution in [0, 0.1) is 0 Å². The van der Waals surface area contributed by atoms with E-state index in [1.165, 1.54) is 0 Å². The average molecular weight is 365 g/mol. The average Bonchev–Trinajstić information content (AvgIpc) is 2.79. The Balaban J connectivity index is 1.97. The summed E-state index contributed by atoms with van der Waals surface area (Å²) in [7, 11) is 0. The molecule has 0 saturated carbocycles. The summed E-state index contributed by atoms with van der Waals surface area (Å²) in [5, 5.41) is 0. The van der Waals surface area contributed by atoms with Crippen molar-refractivity contribution in [1.29, 1.82) is 0 Å². The van der Waals surface area contributed by atoms with Crippen molar-refractivity contribution in [2.24, 2.45) is 0 Å². The molecule has 4 rings (SSSR count). The van der Waals surface area contributed by atoms with E-state index in [2.05, 4.69) is 15.0 Å². The monoisotopic (exact) mass is 365 g/mol. The summed E-state index contributed by atoms with van der Waals surface area (Å²) in [5.74, 6) is 1.34. The van der Waals surface area contributed by atoms with Gasteiger partial charge in [-0.1, -0.05) is 72.8 Å². The Labute approximate surface area is 161 Å². The molecule has 0 amide bonds. The van der Waals surface area contributed by atoms with Crippen molar-refractivity contribution >= 4 is 12.6 Å². The lowest BCUT2D eigenvalue weighted by atomic mass is 10.0. The topological polar surface area (TPSA) is 72.8 Å². The van der Waals surface area contributed by atoms with E-state index in [-0.39, 0.29) is 0 Å². The summed E-state index contributed by atoms with van der Waals surface area (Å²) in [5.41, 5.74) is 3.03. The molecule has 28 heavy (non-hydrogen) atoms. The zero-order valence-electron chi connectivity index (χ0n) is 14.8. The molecule has 0 N–H and O–H groups in total. The van der Waals surface area contributed by atoms with Crippen molar-refractivity contribution < 1.29 is 9.59 Å². The Morgan fingerprint density at radius 3 is 1.61 bits per heavy atom. The first-order valence-electron chi connectivity index (χ1n) is 8.70. The summed E-state index contributed by atoms with van der Waals surface area (Å²) in [4.78, 5) is 36.6. The van der Waals surface area contributed by atoms with E-state index in [9.17, 15) is 9.59 Å². The van der Waals surface area contributed by atoms with Crippen molar-refractivity contribution in [3.8, 4) is 34.2 Å². The number of hydrogen-bond donors (Lipinski definition) is 0. The molecule has 1 heterocycles. The quantitative estimate of drug-likeness (QED) is 0.487. The Hall–Kier alpha value is -3.99. The fraction of sp³-hybridized carbons (Fsp3) is 0. The normalized spacial score (nSPS) is 10.4. The van der Waals surface area contributed by atoms with Crippen molar-refractivity contribution in [3.05, 3.63) is 90.0 Å². The lowest BCUT2D eigenvalue weighted by molar-refractivity contribution is 0.111. The maximum Gasteiger partial charge on any atom is 0.164 e. The van der Waals surface area contributed by atoms with Crippen molar-refractivity contribution in [2.45, 2.75) is 0 Å². The van der Waals surface area contributed by atoms with Gasteiger partial charge in [0.2, 0.25) is 0 Å². The van der Waals surface area contributed by atoms with Gasteiger partial charge in [0, 0.05) is 27.8 Å². The summed E-state index contributed by atoms with van der Waals surface area (Å²) < 4.78 is 0. The Bertz CT molecular complexity index is 1090. The molecule has 0 aliphatic heterocycles. The highest BCUT2D eigenvalue weighted by Crippen LogP contribution is 2.26. The molecule has 0 aliphatic rings. The Kier molecular flexibility index (Phi) is 4.80. The zero-order valence-corrected chi connectivity index (χ0v) is 14.8. The largest absolute Gasteiger partial charge is 0.298 e. The van der Waals surface area contributed by atoms with Crippen molar-refractivity contribution in [2.75, 3.05) is 0 Å². The molecule has 0 atom stereocenters. The number of aromatic nitrogens is 3. The second kappa shape index (κ2) is 7.72. The molecule has 0 radical (unpaired) electrons. The van der Waals surface area contributed by atoms with Gasteiger partial charge in [-0.15, -0.1) is 0 Å². The number of carbonyl (C=O) groups is 2. The molecule has 0 spiro atoms. The van der Waals surface area contributed by atoms with E-state index in [4.69, 9.17) is 0 Å². The molecular formula is C23H15N3O2. The number of nitrogens with zero attached hydrogens (tertiary/aromatic N) is 3. The lowest BCUT2D eigenvalue weighted by Crippen LogP contribution is -2.02. The van der Waals surface area contributed by atoms with E-state index < -0.39 is 0 Å². The minimum Gasteiger partial charge on any atom is -0.298 e. The van der Waals surface area contributed by atoms with Gasteiger partial charge in [-0.3, -0.25) is 9.59 Å². The predicted octanol–water partition coefficient (Wildman–Crippen LogP) is 4.50. The highest BCUT2D eigenvalue weighted by atomic mass is 16.1. The minimum absolute atomic E-state index is 0.346. The van der Waals surface area contributed by atoms with Gasteiger partial charge >= 0.3 is 0 Å². The van der Waals surface area contributed by atoms with Gasteiger partial charge in [0.25, 0.3) is 0 Å². The van der Waals surface area contributed by atoms with Crippen LogP contribution in [0.4, 0.5) is 0 Å². The number of carbonyl (C=O) groups excluding carboxylic acids is 2. The number of aldehydes is 2. The van der Waals surface area contributed by atoms with E-state index >= 15 is 0 Å². The highest BCUT2D eigenvalue weighted by molar-refractivity contribution is 5.89. The SMILES string of the molecule is O=Cc1ccc(C=O)c(-c2nc(-c3ccccc3)nc(-c3ccccc3)n2)c1. The van der Waals surface area contributed by atoms with Crippen LogP contribution in [0.5, 0.6) is 0 Å². The van der Waals surface area contributed by atoms with Crippen molar-refractivity contribution in [3.63, 3.8) is 0 Å². The van der Waals surface area contributed by atoms with E-state index in [0.29, 0.717) is 34.2 Å². The van der Waals surface area contributed by atoms with E-state index in [1.807, 2.05) is 60.7 Å². The van der Waals surface area contributed by atoms with Gasteiger partial charge in [-0.05, 0) is 6.07 Å². The van der Waals surface area contributed by atoms with Crippen LogP contribution in [-0.2, 0) is 0 Å². The van der Waals surface area contributed by atoms with Gasteiger partial charge in [0.05, 0.1) is 0 Å². The fourth-order valence-corrected chi connectivity index (χ4v) is 2.87. The third-order valence-electron chi connectivity index (χ3n) is 4.28. The second-order valence-electron chi connectivity index (χ2n) is 6.12. The summed E-state index contributed by atoms with van der Waals surface area (Å²) in [6.45, 7) is 0. The van der Waals surface area contributed by atoms with Crippen LogP contribution in [0.1, 0.15) is 20.7 Å². The van der Waals surface area contributed by atoms with Gasteiger partial charge in [0.15, 0.2) is 23.8 Å². The molecule has 0 unspecified atom stereocenters. The minimum atomic E-state index is 0.346. The molecule has 4 aromatic rings. The predicted molar refractivity (Wildman–Crippen MR) is 107 cm³/mol. The molecule has 5 nitrogen and oxygen atoms in total. The van der Waals surface area contributed by atoms with Gasteiger partial charge in [0.1, 0.15) is 6.29 Å². The standard InChI is InChI=1S/C23H15N3O2/c27-14-16-11-12-19(15-28)20(13-16)23-25-21(17-7-3-1-4-8-17)24-22(26-23)18-9-5-2-6-10-18/h1-15H. The second-order valence-corrected chi connectivity index (χ2v) is 6.12. The number of hydrogen-bond acceptors (Lipinski definition) is 5. The summed E-state index contributed by atoms with van der Waals surface area (Å²) in [6, 6.07) is 23.9. The van der Waals surface area contributed by atoms with E-state index in [1.54, 1.807) is 18.2 Å². The Morgan fingerprint density at radius 2 is 1.11 bits per heavy atom. The van der Waals surface area contributed by atoms with Gasteiger partial charge in [-0.2, -0.15) is 0 Å². The molecule has 3 aromatic carbocycles. The first-order valence-corrected chi connectivity index (χ1v) is 8.70. The zero-order chi connectivity index (χ0) is 19.3. The molecule has 0 bridgehead atoms. The van der Waals surface area contributed by atoms with Gasteiger partial charge in [-0.25, -0.2) is 15.0 Å². The Morgan fingerprint density at radius 1 is 0.571 bits per heavy atom. The number of benzene rings is 3. The maximum absolute atomic E-state index is 11.6. The molecular weight excluding hydrogens is 350 g/mol. The summed E-state index contributed by atoms with van der Waals surface area (Å²) >= 11 is 0. The summed E-state index contributed by atoms with van der Waals surface area (Å²) in [6.07, 6.45) is 1.47. The molecule has 1 aromatic heterocycles. The molecule has 0 saturated heterocycles. The maximum atomic E-state index is 11.6. The molecule has 5 heteroatoms. The van der Waals surface area contributed by atoms with Crippen LogP contribution < -0.4 is 0 Å². The number of rotatable bonds is 5. The van der Waals surface area contributed by atoms with Crippen molar-refractivity contribution in [1.82, 2.24) is 15.0 Å². The van der Waals surface area contributed by atoms with Gasteiger partial charge < -0.3 is 0 Å². The third kappa shape index (κ3) is 3.46. The van der Waals surface area contributed by atoms with Crippen LogP contribution in [0.2, 0.25) is 0 Å². The van der Waals surface area contributed by atoms with Crippen LogP contribution in [0.25, 0.3) is 34.2 Å². The smallest absolute Gasteiger partial charge is 0.164 e. The first kappa shape index (κ1) is 17.4. The van der Waals surface area contributed by atoms with E-state index in [0.717, 1.165) is 23.7 Å². The molecule has 0 fully saturated rings. The van der Waals surface area contributed by atoms with Crippen LogP contribution in [0.3, 0.4) is 0 Å². The highest BCUT2D eigenvalue weighted by Gasteiger charge is 2.15. The molecule has 134 valence electrons.